The molecule has 0 unspecified atom stereocenters. The topological polar surface area (TPSA) is 52.1 Å². The van der Waals surface area contributed by atoms with E-state index < -0.39 is 12.5 Å². The molecule has 0 fully saturated rings. The summed E-state index contributed by atoms with van der Waals surface area (Å²) >= 11 is 0. The minimum absolute atomic E-state index is 0.117. The molecule has 0 N–H and O–H groups in total. The Bertz CT molecular complexity index is 576. The molecule has 0 spiro atoms. The van der Waals surface area contributed by atoms with E-state index in [4.69, 9.17) is 4.74 Å². The molecule has 1 aromatic carbocycles. The van der Waals surface area contributed by atoms with Gasteiger partial charge in [0.15, 0.2) is 6.29 Å². The van der Waals surface area contributed by atoms with E-state index in [0.717, 1.165) is 6.07 Å². The first-order chi connectivity index (χ1) is 9.26. The maximum Gasteiger partial charge on any atom is 0.153 e. The van der Waals surface area contributed by atoms with Gasteiger partial charge in [0.05, 0.1) is 17.5 Å². The molecule has 1 aromatic heterocycles. The second-order valence-corrected chi connectivity index (χ2v) is 3.62. The van der Waals surface area contributed by atoms with Crippen molar-refractivity contribution in [2.45, 2.75) is 0 Å². The van der Waals surface area contributed by atoms with Crippen molar-refractivity contribution in [3.63, 3.8) is 0 Å². The summed E-state index contributed by atoms with van der Waals surface area (Å²) in [7, 11) is 0. The molecule has 1 heterocycles. The minimum atomic E-state index is -0.725. The molecule has 0 saturated carbocycles. The molecule has 19 heavy (non-hydrogen) atoms. The maximum atomic E-state index is 13.5. The Morgan fingerprint density at radius 1 is 1.32 bits per heavy atom. The minimum Gasteiger partial charge on any atom is -0.490 e. The lowest BCUT2D eigenvalue weighted by Gasteiger charge is -2.11. The van der Waals surface area contributed by atoms with Crippen LogP contribution < -0.4 is 4.74 Å². The van der Waals surface area contributed by atoms with E-state index in [2.05, 4.69) is 9.97 Å². The van der Waals surface area contributed by atoms with Gasteiger partial charge in [-0.3, -0.25) is 14.8 Å². The summed E-state index contributed by atoms with van der Waals surface area (Å²) in [4.78, 5) is 18.7. The van der Waals surface area contributed by atoms with Crippen molar-refractivity contribution in [1.29, 1.82) is 0 Å². The van der Waals surface area contributed by atoms with Gasteiger partial charge in [0, 0.05) is 24.0 Å². The van der Waals surface area contributed by atoms with Crippen LogP contribution in [0.25, 0.3) is 11.3 Å². The number of carbonyl (C=O) groups excluding carboxylic acids is 1. The van der Waals surface area contributed by atoms with E-state index in [1.807, 2.05) is 0 Å². The zero-order chi connectivity index (χ0) is 13.7. The molecule has 0 radical (unpaired) electrons. The molecule has 6 heteroatoms. The van der Waals surface area contributed by atoms with Gasteiger partial charge < -0.3 is 4.74 Å². The zero-order valence-electron chi connectivity index (χ0n) is 9.85. The first-order valence-corrected chi connectivity index (χ1v) is 5.50. The Kier molecular flexibility index (Phi) is 4.12. The molecule has 0 aliphatic rings. The second-order valence-electron chi connectivity index (χ2n) is 3.62. The smallest absolute Gasteiger partial charge is 0.153 e. The largest absolute Gasteiger partial charge is 0.490 e. The highest BCUT2D eigenvalue weighted by molar-refractivity contribution is 5.81. The summed E-state index contributed by atoms with van der Waals surface area (Å²) < 4.78 is 30.8. The molecule has 0 aliphatic heterocycles. The van der Waals surface area contributed by atoms with Gasteiger partial charge in [-0.05, 0) is 6.07 Å². The number of carbonyl (C=O) groups is 1. The van der Waals surface area contributed by atoms with E-state index in [1.54, 1.807) is 0 Å². The summed E-state index contributed by atoms with van der Waals surface area (Å²) in [5.41, 5.74) is 0.692. The average Bonchev–Trinajstić information content (AvgIpc) is 2.46. The number of halogens is 2. The van der Waals surface area contributed by atoms with Crippen LogP contribution in [-0.4, -0.2) is 29.5 Å². The van der Waals surface area contributed by atoms with Crippen LogP contribution >= 0.6 is 0 Å². The summed E-state index contributed by atoms with van der Waals surface area (Å²) in [6, 6.07) is 2.35. The average molecular weight is 264 g/mol. The molecular weight excluding hydrogens is 254 g/mol. The molecule has 0 amide bonds. The third-order valence-corrected chi connectivity index (χ3v) is 2.40. The highest BCUT2D eigenvalue weighted by Crippen LogP contribution is 2.30. The van der Waals surface area contributed by atoms with E-state index in [-0.39, 0.29) is 17.9 Å². The standard InChI is InChI=1S/C13H10F2N2O2/c14-1-4-19-13-6-11(15)9(8-18)5-10(13)12-7-16-2-3-17-12/h2-3,5-8H,1,4H2. The molecular formula is C13H10F2N2O2. The van der Waals surface area contributed by atoms with Gasteiger partial charge in [0.25, 0.3) is 0 Å². The van der Waals surface area contributed by atoms with Crippen LogP contribution in [0.15, 0.2) is 30.7 Å². The van der Waals surface area contributed by atoms with Gasteiger partial charge in [-0.25, -0.2) is 8.78 Å². The predicted molar refractivity (Wildman–Crippen MR) is 64.3 cm³/mol. The number of hydrogen-bond acceptors (Lipinski definition) is 4. The lowest BCUT2D eigenvalue weighted by atomic mass is 10.1. The molecule has 0 saturated heterocycles. The quantitative estimate of drug-likeness (QED) is 0.778. The van der Waals surface area contributed by atoms with Crippen LogP contribution in [-0.2, 0) is 0 Å². The number of aromatic nitrogens is 2. The van der Waals surface area contributed by atoms with Gasteiger partial charge in [0.1, 0.15) is 24.8 Å². The normalized spacial score (nSPS) is 10.2. The molecule has 0 aliphatic carbocycles. The van der Waals surface area contributed by atoms with Crippen LogP contribution in [0.4, 0.5) is 8.78 Å². The molecule has 2 rings (SSSR count). The number of nitrogens with zero attached hydrogens (tertiary/aromatic N) is 2. The van der Waals surface area contributed by atoms with Gasteiger partial charge in [-0.2, -0.15) is 0 Å². The van der Waals surface area contributed by atoms with Crippen molar-refractivity contribution >= 4 is 6.29 Å². The first kappa shape index (κ1) is 13.1. The van der Waals surface area contributed by atoms with Crippen molar-refractivity contribution < 1.29 is 18.3 Å². The summed E-state index contributed by atoms with van der Waals surface area (Å²) in [6.07, 6.45) is 4.78. The third kappa shape index (κ3) is 2.90. The Morgan fingerprint density at radius 3 is 2.79 bits per heavy atom. The number of hydrogen-bond donors (Lipinski definition) is 0. The third-order valence-electron chi connectivity index (χ3n) is 2.40. The molecule has 0 atom stereocenters. The molecule has 2 aromatic rings. The Balaban J connectivity index is 2.52. The number of benzene rings is 1. The first-order valence-electron chi connectivity index (χ1n) is 5.50. The summed E-state index contributed by atoms with van der Waals surface area (Å²) in [6.45, 7) is -0.899. The zero-order valence-corrected chi connectivity index (χ0v) is 9.85. The Hall–Kier alpha value is -2.37. The lowest BCUT2D eigenvalue weighted by Crippen LogP contribution is -2.02. The second kappa shape index (κ2) is 5.99. The number of ether oxygens (including phenoxy) is 1. The maximum absolute atomic E-state index is 13.5. The number of aldehydes is 1. The summed E-state index contributed by atoms with van der Waals surface area (Å²) in [5.74, 6) is -0.599. The number of rotatable bonds is 5. The van der Waals surface area contributed by atoms with Crippen LogP contribution in [0, 0.1) is 5.82 Å². The monoisotopic (exact) mass is 264 g/mol. The highest BCUT2D eigenvalue weighted by atomic mass is 19.1. The van der Waals surface area contributed by atoms with E-state index >= 15 is 0 Å². The summed E-state index contributed by atoms with van der Waals surface area (Å²) in [5, 5.41) is 0. The van der Waals surface area contributed by atoms with E-state index in [1.165, 1.54) is 24.7 Å². The van der Waals surface area contributed by atoms with Crippen LogP contribution in [0.1, 0.15) is 10.4 Å². The van der Waals surface area contributed by atoms with Gasteiger partial charge in [0.2, 0.25) is 0 Å². The predicted octanol–water partition coefficient (Wildman–Crippen LogP) is 2.44. The molecule has 0 bridgehead atoms. The SMILES string of the molecule is O=Cc1cc(-c2cnccn2)c(OCCF)cc1F. The van der Waals surface area contributed by atoms with Crippen LogP contribution in [0.2, 0.25) is 0 Å². The Labute approximate surface area is 108 Å². The Morgan fingerprint density at radius 2 is 2.16 bits per heavy atom. The van der Waals surface area contributed by atoms with Crippen molar-refractivity contribution in [3.8, 4) is 17.0 Å². The fourth-order valence-corrected chi connectivity index (χ4v) is 1.57. The fraction of sp³-hybridized carbons (Fsp3) is 0.154. The van der Waals surface area contributed by atoms with Crippen molar-refractivity contribution in [3.05, 3.63) is 42.1 Å². The van der Waals surface area contributed by atoms with Gasteiger partial charge >= 0.3 is 0 Å². The number of alkyl halides is 1. The highest BCUT2D eigenvalue weighted by Gasteiger charge is 2.13. The molecule has 4 nitrogen and oxygen atoms in total. The lowest BCUT2D eigenvalue weighted by molar-refractivity contribution is 0.111. The van der Waals surface area contributed by atoms with Crippen molar-refractivity contribution in [1.82, 2.24) is 9.97 Å². The van der Waals surface area contributed by atoms with E-state index in [0.29, 0.717) is 17.5 Å². The van der Waals surface area contributed by atoms with Crippen molar-refractivity contribution in [2.75, 3.05) is 13.3 Å². The van der Waals surface area contributed by atoms with Gasteiger partial charge in [-0.1, -0.05) is 0 Å². The van der Waals surface area contributed by atoms with Crippen molar-refractivity contribution in [2.24, 2.45) is 0 Å². The van der Waals surface area contributed by atoms with Crippen LogP contribution in [0.5, 0.6) is 5.75 Å². The van der Waals surface area contributed by atoms with Gasteiger partial charge in [-0.15, -0.1) is 0 Å². The molecule has 98 valence electrons. The van der Waals surface area contributed by atoms with Crippen LogP contribution in [0.3, 0.4) is 0 Å². The fourth-order valence-electron chi connectivity index (χ4n) is 1.57. The van der Waals surface area contributed by atoms with E-state index in [9.17, 15) is 13.6 Å².